The van der Waals surface area contributed by atoms with Crippen molar-refractivity contribution >= 4 is 12.3 Å². The minimum Gasteiger partial charge on any atom is -0.324 e. The zero-order valence-electron chi connectivity index (χ0n) is 8.29. The van der Waals surface area contributed by atoms with E-state index in [1.54, 1.807) is 0 Å². The fourth-order valence-corrected chi connectivity index (χ4v) is 0.879. The monoisotopic (exact) mass is 238 g/mol. The Labute approximate surface area is 94.1 Å². The lowest BCUT2D eigenvalue weighted by Crippen LogP contribution is -2.27. The van der Waals surface area contributed by atoms with E-state index in [2.05, 4.69) is 24.4 Å². The van der Waals surface area contributed by atoms with Gasteiger partial charge >= 0.3 is 12.3 Å². The van der Waals surface area contributed by atoms with Crippen molar-refractivity contribution in [3.05, 3.63) is 37.4 Å². The molecule has 9 nitrogen and oxygen atoms in total. The molecule has 9 heteroatoms. The Morgan fingerprint density at radius 1 is 0.882 bits per heavy atom. The summed E-state index contributed by atoms with van der Waals surface area (Å²) in [4.78, 5) is 38.3. The average Bonchev–Trinajstić information content (AvgIpc) is 2.90. The van der Waals surface area contributed by atoms with Crippen LogP contribution in [0.3, 0.4) is 0 Å². The second kappa shape index (κ2) is 4.79. The number of nitrogens with zero attached hydrogens (tertiary/aromatic N) is 4. The van der Waals surface area contributed by atoms with Gasteiger partial charge in [-0.3, -0.25) is 9.68 Å². The van der Waals surface area contributed by atoms with E-state index in [0.717, 1.165) is 9.46 Å². The second-order valence-corrected chi connectivity index (χ2v) is 2.63. The van der Waals surface area contributed by atoms with E-state index in [9.17, 15) is 9.59 Å². The molecule has 0 aliphatic rings. The molecule has 0 spiro atoms. The van der Waals surface area contributed by atoms with Gasteiger partial charge in [0.25, 0.3) is 0 Å². The van der Waals surface area contributed by atoms with E-state index in [0.29, 0.717) is 0 Å². The summed E-state index contributed by atoms with van der Waals surface area (Å²) in [6.45, 7) is 0. The molecule has 0 aliphatic heterocycles. The molecule has 0 aliphatic carbocycles. The second-order valence-electron chi connectivity index (χ2n) is 2.63. The minimum atomic E-state index is -1.24. The van der Waals surface area contributed by atoms with Gasteiger partial charge in [0.2, 0.25) is 0 Å². The molecular formula is C8H6N4O5. The molecule has 0 aromatic carbocycles. The van der Waals surface area contributed by atoms with Gasteiger partial charge in [-0.15, -0.1) is 0 Å². The van der Waals surface area contributed by atoms with E-state index in [-0.39, 0.29) is 0 Å². The molecule has 2 aromatic rings. The maximum absolute atomic E-state index is 11.0. The van der Waals surface area contributed by atoms with Gasteiger partial charge in [0.05, 0.1) is 12.4 Å². The average molecular weight is 238 g/mol. The van der Waals surface area contributed by atoms with Crippen LogP contribution in [0.5, 0.6) is 0 Å². The first-order valence-corrected chi connectivity index (χ1v) is 4.32. The molecule has 0 fully saturated rings. The maximum Gasteiger partial charge on any atom is 0.544 e. The van der Waals surface area contributed by atoms with Gasteiger partial charge < -0.3 is 4.74 Å². The first kappa shape index (κ1) is 10.7. The molecule has 0 radical (unpaired) electrons. The molecule has 2 rings (SSSR count). The molecule has 0 saturated heterocycles. The highest BCUT2D eigenvalue weighted by Gasteiger charge is 2.15. The Morgan fingerprint density at radius 3 is 1.71 bits per heavy atom. The fraction of sp³-hybridized carbons (Fsp3) is 0. The molecule has 2 heterocycles. The highest BCUT2D eigenvalue weighted by atomic mass is 16.9. The molecule has 88 valence electrons. The zero-order chi connectivity index (χ0) is 12.1. The molecule has 17 heavy (non-hydrogen) atoms. The summed E-state index contributed by atoms with van der Waals surface area (Å²) < 4.78 is 6.11. The van der Waals surface area contributed by atoms with Gasteiger partial charge in [-0.2, -0.15) is 9.46 Å². The Morgan fingerprint density at radius 2 is 1.35 bits per heavy atom. The Balaban J connectivity index is 1.80. The van der Waals surface area contributed by atoms with Crippen molar-refractivity contribution in [2.75, 3.05) is 0 Å². The summed E-state index contributed by atoms with van der Waals surface area (Å²) >= 11 is 0. The number of hydrogen-bond acceptors (Lipinski definition) is 7. The highest BCUT2D eigenvalue weighted by Crippen LogP contribution is 1.89. The van der Waals surface area contributed by atoms with Gasteiger partial charge in [0.15, 0.2) is 0 Å². The van der Waals surface area contributed by atoms with Crippen LogP contribution in [0.4, 0.5) is 9.59 Å². The molecule has 0 N–H and O–H groups in total. The summed E-state index contributed by atoms with van der Waals surface area (Å²) in [7, 11) is 0. The topological polar surface area (TPSA) is 97.5 Å². The van der Waals surface area contributed by atoms with Crippen molar-refractivity contribution in [3.8, 4) is 0 Å². The normalized spacial score (nSPS) is 9.65. The van der Waals surface area contributed by atoms with E-state index in [1.165, 1.54) is 37.4 Å². The smallest absolute Gasteiger partial charge is 0.324 e. The lowest BCUT2D eigenvalue weighted by atomic mass is 11.0. The minimum absolute atomic E-state index is 0.965. The van der Waals surface area contributed by atoms with Crippen LogP contribution in [0.25, 0.3) is 0 Å². The Hall–Kier alpha value is -2.84. The number of imidazole rings is 2. The highest BCUT2D eigenvalue weighted by molar-refractivity contribution is 5.77. The van der Waals surface area contributed by atoms with E-state index in [4.69, 9.17) is 0 Å². The van der Waals surface area contributed by atoms with Crippen LogP contribution < -0.4 is 9.68 Å². The first-order valence-electron chi connectivity index (χ1n) is 4.32. The van der Waals surface area contributed by atoms with Gasteiger partial charge in [-0.05, 0) is 0 Å². The Kier molecular flexibility index (Phi) is 3.01. The number of rotatable bonds is 2. The third-order valence-electron chi connectivity index (χ3n) is 1.49. The van der Waals surface area contributed by atoms with Gasteiger partial charge in [0.1, 0.15) is 12.7 Å². The summed E-state index contributed by atoms with van der Waals surface area (Å²) in [6, 6.07) is 0. The fourth-order valence-electron chi connectivity index (χ4n) is 0.879. The third kappa shape index (κ3) is 3.06. The van der Waals surface area contributed by atoms with Crippen molar-refractivity contribution in [2.45, 2.75) is 0 Å². The number of carbonyl (C=O) groups is 2. The summed E-state index contributed by atoms with van der Waals surface area (Å²) in [5.41, 5.74) is 0. The standard InChI is InChI=1S/C8H6N4O5/c13-7(16-11-3-1-9-5-11)15-8(14)17-12-4-2-10-6-12/h1-6H. The van der Waals surface area contributed by atoms with Crippen molar-refractivity contribution in [1.82, 2.24) is 19.4 Å². The van der Waals surface area contributed by atoms with Gasteiger partial charge in [-0.25, -0.2) is 19.6 Å². The lowest BCUT2D eigenvalue weighted by Gasteiger charge is -2.03. The summed E-state index contributed by atoms with van der Waals surface area (Å²) in [5.74, 6) is 0. The summed E-state index contributed by atoms with van der Waals surface area (Å²) in [6.07, 6.45) is 5.41. The van der Waals surface area contributed by atoms with Crippen LogP contribution in [-0.2, 0) is 4.74 Å². The first-order chi connectivity index (χ1) is 8.24. The quantitative estimate of drug-likeness (QED) is 0.531. The molecule has 0 amide bonds. The van der Waals surface area contributed by atoms with Crippen LogP contribution in [0, 0.1) is 0 Å². The van der Waals surface area contributed by atoms with Gasteiger partial charge in [0, 0.05) is 12.4 Å². The number of ether oxygens (including phenoxy) is 1. The van der Waals surface area contributed by atoms with Crippen molar-refractivity contribution in [3.63, 3.8) is 0 Å². The molecular weight excluding hydrogens is 232 g/mol. The van der Waals surface area contributed by atoms with Crippen LogP contribution >= 0.6 is 0 Å². The number of carbonyl (C=O) groups excluding carboxylic acids is 2. The van der Waals surface area contributed by atoms with Crippen LogP contribution in [0.2, 0.25) is 0 Å². The largest absolute Gasteiger partial charge is 0.544 e. The van der Waals surface area contributed by atoms with E-state index in [1.807, 2.05) is 0 Å². The van der Waals surface area contributed by atoms with Crippen molar-refractivity contribution in [1.29, 1.82) is 0 Å². The summed E-state index contributed by atoms with van der Waals surface area (Å²) in [5, 5.41) is 0. The molecule has 2 aromatic heterocycles. The molecule has 0 unspecified atom stereocenters. The van der Waals surface area contributed by atoms with Crippen molar-refractivity contribution < 1.29 is 24.0 Å². The SMILES string of the molecule is O=C(OC(=O)On1ccnc1)On1ccnc1. The van der Waals surface area contributed by atoms with Crippen LogP contribution in [0.15, 0.2) is 37.4 Å². The number of aromatic nitrogens is 4. The van der Waals surface area contributed by atoms with Crippen LogP contribution in [-0.4, -0.2) is 31.7 Å². The third-order valence-corrected chi connectivity index (χ3v) is 1.49. The Bertz CT molecular complexity index is 446. The molecule has 0 atom stereocenters. The van der Waals surface area contributed by atoms with Crippen LogP contribution in [0.1, 0.15) is 0 Å². The van der Waals surface area contributed by atoms with E-state index >= 15 is 0 Å². The van der Waals surface area contributed by atoms with Gasteiger partial charge in [-0.1, -0.05) is 0 Å². The molecule has 0 saturated carbocycles. The van der Waals surface area contributed by atoms with E-state index < -0.39 is 12.3 Å². The predicted octanol–water partition coefficient (Wildman–Crippen LogP) is -0.106. The van der Waals surface area contributed by atoms with Crippen molar-refractivity contribution in [2.24, 2.45) is 0 Å². The zero-order valence-corrected chi connectivity index (χ0v) is 8.29. The predicted molar refractivity (Wildman–Crippen MR) is 49.5 cm³/mol. The number of hydrogen-bond donors (Lipinski definition) is 0. The maximum atomic E-state index is 11.0. The molecule has 0 bridgehead atoms. The lowest BCUT2D eigenvalue weighted by molar-refractivity contribution is 0.0285.